The molecule has 1 fully saturated rings. The number of halogens is 4. The Labute approximate surface area is 256 Å². The fourth-order valence-electron chi connectivity index (χ4n) is 6.26. The molecule has 1 saturated heterocycles. The highest BCUT2D eigenvalue weighted by Gasteiger charge is 2.40. The number of carboxylic acids is 1. The van der Waals surface area contributed by atoms with Gasteiger partial charge in [0.05, 0.1) is 6.42 Å². The first-order chi connectivity index (χ1) is 20.9. The van der Waals surface area contributed by atoms with Crippen molar-refractivity contribution in [2.75, 3.05) is 18.0 Å². The lowest BCUT2D eigenvalue weighted by molar-refractivity contribution is -0.145. The maximum atomic E-state index is 14.0. The monoisotopic (exact) mass is 648 g/mol. The van der Waals surface area contributed by atoms with Gasteiger partial charge in [0.1, 0.15) is 10.7 Å². The summed E-state index contributed by atoms with van der Waals surface area (Å²) in [6.07, 6.45) is 0.359. The number of aliphatic carboxylic acids is 1. The summed E-state index contributed by atoms with van der Waals surface area (Å²) in [5.41, 5.74) is 1.74. The lowest BCUT2D eigenvalue weighted by atomic mass is 9.86. The van der Waals surface area contributed by atoms with Crippen molar-refractivity contribution in [2.45, 2.75) is 62.2 Å². The summed E-state index contributed by atoms with van der Waals surface area (Å²) in [6.45, 7) is 2.42. The number of pyridine rings is 2. The number of hydrogen-bond donors (Lipinski definition) is 1. The number of fused-ring (bicyclic) bond motifs is 4. The van der Waals surface area contributed by atoms with E-state index in [9.17, 15) is 31.5 Å². The van der Waals surface area contributed by atoms with Crippen LogP contribution in [0.5, 0.6) is 0 Å². The average Bonchev–Trinajstić information content (AvgIpc) is 3.40. The van der Waals surface area contributed by atoms with Crippen LogP contribution < -0.4 is 4.90 Å². The number of carboxylic acid groups (broad SMARTS) is 1. The molecular formula is C29H28ClF3N6O4S. The van der Waals surface area contributed by atoms with E-state index in [1.807, 2.05) is 0 Å². The van der Waals surface area contributed by atoms with Crippen molar-refractivity contribution in [3.05, 3.63) is 81.9 Å². The molecule has 1 unspecified atom stereocenters. The minimum atomic E-state index is -4.72. The Balaban J connectivity index is 1.40. The number of anilines is 1. The van der Waals surface area contributed by atoms with Crippen molar-refractivity contribution in [1.29, 1.82) is 0 Å². The van der Waals surface area contributed by atoms with Gasteiger partial charge in [-0.3, -0.25) is 9.20 Å². The van der Waals surface area contributed by atoms with Crippen molar-refractivity contribution < 1.29 is 31.5 Å². The van der Waals surface area contributed by atoms with E-state index >= 15 is 0 Å². The number of sulfonamides is 1. The van der Waals surface area contributed by atoms with Crippen LogP contribution in [0.25, 0.3) is 5.65 Å². The highest BCUT2D eigenvalue weighted by atomic mass is 35.5. The third kappa shape index (κ3) is 5.39. The van der Waals surface area contributed by atoms with Crippen LogP contribution >= 0.6 is 11.6 Å². The minimum absolute atomic E-state index is 0.0422. The van der Waals surface area contributed by atoms with E-state index in [1.165, 1.54) is 16.6 Å². The molecule has 10 nitrogen and oxygen atoms in total. The second-order valence-electron chi connectivity index (χ2n) is 11.1. The van der Waals surface area contributed by atoms with Gasteiger partial charge in [-0.2, -0.15) is 17.5 Å². The third-order valence-corrected chi connectivity index (χ3v) is 10.6. The van der Waals surface area contributed by atoms with E-state index < -0.39 is 33.9 Å². The molecule has 0 radical (unpaired) electrons. The molecule has 0 bridgehead atoms. The van der Waals surface area contributed by atoms with Gasteiger partial charge in [0.25, 0.3) is 0 Å². The number of aromatic nitrogens is 4. The van der Waals surface area contributed by atoms with Gasteiger partial charge in [-0.1, -0.05) is 23.7 Å². The van der Waals surface area contributed by atoms with E-state index in [0.717, 1.165) is 23.7 Å². The van der Waals surface area contributed by atoms with Gasteiger partial charge >= 0.3 is 12.1 Å². The van der Waals surface area contributed by atoms with Crippen LogP contribution in [0.2, 0.25) is 5.02 Å². The van der Waals surface area contributed by atoms with Crippen molar-refractivity contribution in [3.8, 4) is 0 Å². The van der Waals surface area contributed by atoms with Crippen LogP contribution in [-0.4, -0.2) is 62.5 Å². The van der Waals surface area contributed by atoms with Crippen molar-refractivity contribution in [1.82, 2.24) is 23.9 Å². The lowest BCUT2D eigenvalue weighted by Gasteiger charge is -2.36. The number of aryl methyl sites for hydroxylation is 1. The summed E-state index contributed by atoms with van der Waals surface area (Å²) in [5.74, 6) is -2.66. The zero-order chi connectivity index (χ0) is 31.4. The van der Waals surface area contributed by atoms with Crippen LogP contribution in [0.4, 0.5) is 19.0 Å². The molecule has 4 aromatic rings. The molecule has 2 aliphatic heterocycles. The molecule has 15 heteroatoms. The number of nitrogens with zero attached hydrogens (tertiary/aromatic N) is 6. The molecule has 2 atom stereocenters. The lowest BCUT2D eigenvalue weighted by Crippen LogP contribution is -2.45. The molecule has 0 saturated carbocycles. The SMILES string of the molecule is Cc1c([C@@H](CC(=O)O)c2ccc(Cl)c(CN3CC4CCCCN4c4ncccc4S3(=O)=O)c2)ccn2c(C(F)(F)F)nnc12. The topological polar surface area (TPSA) is 121 Å². The van der Waals surface area contributed by atoms with Crippen LogP contribution in [0.15, 0.2) is 53.7 Å². The first-order valence-electron chi connectivity index (χ1n) is 14.0. The van der Waals surface area contributed by atoms with Crippen LogP contribution in [0, 0.1) is 6.92 Å². The highest BCUT2D eigenvalue weighted by molar-refractivity contribution is 7.89. The van der Waals surface area contributed by atoms with E-state index in [2.05, 4.69) is 20.1 Å². The first-order valence-corrected chi connectivity index (χ1v) is 15.8. The normalized spacial score (nSPS) is 19.3. The zero-order valence-corrected chi connectivity index (χ0v) is 25.1. The van der Waals surface area contributed by atoms with Gasteiger partial charge in [-0.15, -0.1) is 10.2 Å². The van der Waals surface area contributed by atoms with Crippen molar-refractivity contribution in [2.24, 2.45) is 0 Å². The summed E-state index contributed by atoms with van der Waals surface area (Å²) in [6, 6.07) is 9.41. The second kappa shape index (κ2) is 11.3. The molecule has 232 valence electrons. The summed E-state index contributed by atoms with van der Waals surface area (Å²) < 4.78 is 70.5. The maximum Gasteiger partial charge on any atom is 0.452 e. The summed E-state index contributed by atoms with van der Waals surface area (Å²) in [7, 11) is -3.97. The quantitative estimate of drug-likeness (QED) is 0.300. The van der Waals surface area contributed by atoms with Crippen LogP contribution in [-0.2, 0) is 27.5 Å². The minimum Gasteiger partial charge on any atom is -0.481 e. The van der Waals surface area contributed by atoms with Crippen molar-refractivity contribution >= 4 is 39.1 Å². The molecule has 1 N–H and O–H groups in total. The summed E-state index contributed by atoms with van der Waals surface area (Å²) in [4.78, 5) is 18.6. The van der Waals surface area contributed by atoms with Gasteiger partial charge in [0, 0.05) is 49.0 Å². The number of benzene rings is 1. The standard InChI is InChI=1S/C29H28ClF3N6O4S/c1-17-21(9-12-39-26(17)35-36-28(39)29(31,32)33)22(14-25(40)41)18-7-8-23(30)19(13-18)15-37-16-20-5-2-3-11-38(20)27-24(44(37,42)43)6-4-10-34-27/h4,6-10,12-13,20,22H,2-3,5,11,14-16H2,1H3,(H,40,41)/t20?,22-/m0/s1. The van der Waals surface area contributed by atoms with Gasteiger partial charge in [-0.05, 0) is 72.7 Å². The summed E-state index contributed by atoms with van der Waals surface area (Å²) >= 11 is 6.61. The van der Waals surface area contributed by atoms with Gasteiger partial charge < -0.3 is 10.0 Å². The Morgan fingerprint density at radius 3 is 2.73 bits per heavy atom. The van der Waals surface area contributed by atoms with E-state index in [-0.39, 0.29) is 36.1 Å². The van der Waals surface area contributed by atoms with E-state index in [0.29, 0.717) is 39.6 Å². The number of rotatable bonds is 6. The Kier molecular flexibility index (Phi) is 7.79. The molecule has 44 heavy (non-hydrogen) atoms. The molecule has 3 aromatic heterocycles. The molecule has 1 aromatic carbocycles. The van der Waals surface area contributed by atoms with E-state index in [1.54, 1.807) is 43.5 Å². The average molecular weight is 649 g/mol. The Bertz CT molecular complexity index is 1870. The molecule has 0 amide bonds. The fraction of sp³-hybridized carbons (Fsp3) is 0.379. The fourth-order valence-corrected chi connectivity index (χ4v) is 8.05. The maximum absolute atomic E-state index is 14.0. The number of piperidine rings is 1. The number of alkyl halides is 3. The number of carbonyl (C=O) groups is 1. The first kappa shape index (κ1) is 30.3. The van der Waals surface area contributed by atoms with Gasteiger partial charge in [0.15, 0.2) is 5.65 Å². The van der Waals surface area contributed by atoms with Gasteiger partial charge in [-0.25, -0.2) is 13.4 Å². The Morgan fingerprint density at radius 1 is 1.18 bits per heavy atom. The zero-order valence-electron chi connectivity index (χ0n) is 23.5. The molecule has 2 aliphatic rings. The van der Waals surface area contributed by atoms with Crippen LogP contribution in [0.3, 0.4) is 0 Å². The molecule has 0 spiro atoms. The predicted octanol–water partition coefficient (Wildman–Crippen LogP) is 5.27. The Morgan fingerprint density at radius 2 is 1.98 bits per heavy atom. The molecule has 5 heterocycles. The predicted molar refractivity (Wildman–Crippen MR) is 155 cm³/mol. The molecular weight excluding hydrogens is 621 g/mol. The Hall–Kier alpha value is -3.75. The molecule has 6 rings (SSSR count). The second-order valence-corrected chi connectivity index (χ2v) is 13.4. The van der Waals surface area contributed by atoms with Gasteiger partial charge in [0.2, 0.25) is 15.8 Å². The van der Waals surface area contributed by atoms with Crippen molar-refractivity contribution in [3.63, 3.8) is 0 Å². The smallest absolute Gasteiger partial charge is 0.452 e. The molecule has 0 aliphatic carbocycles. The summed E-state index contributed by atoms with van der Waals surface area (Å²) in [5, 5.41) is 17.1. The van der Waals surface area contributed by atoms with Crippen LogP contribution in [0.1, 0.15) is 59.7 Å². The third-order valence-electron chi connectivity index (χ3n) is 8.38. The largest absolute Gasteiger partial charge is 0.481 e. The highest BCUT2D eigenvalue weighted by Crippen LogP contribution is 2.38. The number of hydrogen-bond acceptors (Lipinski definition) is 7. The van der Waals surface area contributed by atoms with E-state index in [4.69, 9.17) is 11.6 Å².